The normalized spacial score (nSPS) is 10.8. The highest BCUT2D eigenvalue weighted by molar-refractivity contribution is 6.01. The lowest BCUT2D eigenvalue weighted by atomic mass is 10.1. The van der Waals surface area contributed by atoms with Crippen LogP contribution in [0.5, 0.6) is 0 Å². The summed E-state index contributed by atoms with van der Waals surface area (Å²) in [6.07, 6.45) is 3.69. The zero-order valence-electron chi connectivity index (χ0n) is 10.5. The number of carbonyl (C=O) groups excluding carboxylic acids is 1. The predicted octanol–water partition coefficient (Wildman–Crippen LogP) is 2.54. The summed E-state index contributed by atoms with van der Waals surface area (Å²) < 4.78 is 10.3. The standard InChI is InChI=1S/C13H16N2O3/c1-3-5-8-6-9-11(15-7-8)10(14)12(18-9)13(16)17-4-2/h6-7H,3-5,14H2,1-2H3. The number of aromatic nitrogens is 1. The Balaban J connectivity index is 2.45. The quantitative estimate of drug-likeness (QED) is 0.841. The number of ether oxygens (including phenoxy) is 1. The molecule has 0 aliphatic heterocycles. The molecule has 5 heteroatoms. The number of nitrogens with zero attached hydrogens (tertiary/aromatic N) is 1. The van der Waals surface area contributed by atoms with Gasteiger partial charge in [0.05, 0.1) is 6.61 Å². The Bertz CT molecular complexity index is 575. The Kier molecular flexibility index (Phi) is 3.50. The molecule has 0 spiro atoms. The summed E-state index contributed by atoms with van der Waals surface area (Å²) in [7, 11) is 0. The summed E-state index contributed by atoms with van der Waals surface area (Å²) >= 11 is 0. The lowest BCUT2D eigenvalue weighted by Crippen LogP contribution is -2.05. The van der Waals surface area contributed by atoms with Gasteiger partial charge in [0.1, 0.15) is 11.2 Å². The largest absolute Gasteiger partial charge is 0.460 e. The van der Waals surface area contributed by atoms with Crippen molar-refractivity contribution in [2.75, 3.05) is 12.3 Å². The highest BCUT2D eigenvalue weighted by Crippen LogP contribution is 2.27. The highest BCUT2D eigenvalue weighted by Gasteiger charge is 2.20. The molecular formula is C13H16N2O3. The van der Waals surface area contributed by atoms with Gasteiger partial charge >= 0.3 is 5.97 Å². The number of aryl methyl sites for hydroxylation is 1. The third kappa shape index (κ3) is 2.16. The minimum atomic E-state index is -0.551. The Labute approximate surface area is 105 Å². The molecule has 5 nitrogen and oxygen atoms in total. The van der Waals surface area contributed by atoms with Crippen LogP contribution in [0.1, 0.15) is 36.4 Å². The maximum Gasteiger partial charge on any atom is 0.376 e. The fourth-order valence-corrected chi connectivity index (χ4v) is 1.81. The molecule has 2 heterocycles. The van der Waals surface area contributed by atoms with Crippen molar-refractivity contribution in [3.8, 4) is 0 Å². The molecule has 2 aromatic heterocycles. The molecule has 96 valence electrons. The number of nitrogen functional groups attached to an aromatic ring is 1. The van der Waals surface area contributed by atoms with Crippen LogP contribution in [0.4, 0.5) is 5.69 Å². The van der Waals surface area contributed by atoms with E-state index in [1.165, 1.54) is 0 Å². The Morgan fingerprint density at radius 2 is 2.28 bits per heavy atom. The maximum absolute atomic E-state index is 11.6. The van der Waals surface area contributed by atoms with Gasteiger partial charge in [0.2, 0.25) is 5.76 Å². The van der Waals surface area contributed by atoms with Crippen molar-refractivity contribution in [2.45, 2.75) is 26.7 Å². The van der Waals surface area contributed by atoms with Crippen molar-refractivity contribution < 1.29 is 13.9 Å². The number of carbonyl (C=O) groups is 1. The SMILES string of the molecule is CCCc1cnc2c(N)c(C(=O)OCC)oc2c1. The molecule has 0 bridgehead atoms. The molecule has 0 aliphatic carbocycles. The zero-order chi connectivity index (χ0) is 13.1. The molecule has 18 heavy (non-hydrogen) atoms. The van der Waals surface area contributed by atoms with Gasteiger partial charge in [-0.05, 0) is 25.0 Å². The smallest absolute Gasteiger partial charge is 0.376 e. The summed E-state index contributed by atoms with van der Waals surface area (Å²) in [5, 5.41) is 0. The van der Waals surface area contributed by atoms with E-state index < -0.39 is 5.97 Å². The topological polar surface area (TPSA) is 78.3 Å². The maximum atomic E-state index is 11.6. The summed E-state index contributed by atoms with van der Waals surface area (Å²) in [4.78, 5) is 15.9. The first-order chi connectivity index (χ1) is 8.67. The number of furan rings is 1. The average molecular weight is 248 g/mol. The van der Waals surface area contributed by atoms with Crippen LogP contribution in [0.25, 0.3) is 11.1 Å². The predicted molar refractivity (Wildman–Crippen MR) is 68.4 cm³/mol. The van der Waals surface area contributed by atoms with E-state index in [4.69, 9.17) is 14.9 Å². The monoisotopic (exact) mass is 248 g/mol. The van der Waals surface area contributed by atoms with Crippen molar-refractivity contribution in [3.63, 3.8) is 0 Å². The third-order valence-corrected chi connectivity index (χ3v) is 2.62. The summed E-state index contributed by atoms with van der Waals surface area (Å²) in [5.41, 5.74) is 8.18. The third-order valence-electron chi connectivity index (χ3n) is 2.62. The Hall–Kier alpha value is -2.04. The number of pyridine rings is 1. The number of anilines is 1. The molecule has 0 atom stereocenters. The molecule has 0 saturated heterocycles. The summed E-state index contributed by atoms with van der Waals surface area (Å²) in [6, 6.07) is 1.87. The van der Waals surface area contributed by atoms with E-state index in [1.807, 2.05) is 6.07 Å². The van der Waals surface area contributed by atoms with Crippen LogP contribution in [-0.2, 0) is 11.2 Å². The van der Waals surface area contributed by atoms with Crippen LogP contribution < -0.4 is 5.73 Å². The summed E-state index contributed by atoms with van der Waals surface area (Å²) in [6.45, 7) is 4.10. The molecule has 0 unspecified atom stereocenters. The fraction of sp³-hybridized carbons (Fsp3) is 0.385. The molecule has 0 aliphatic rings. The van der Waals surface area contributed by atoms with Crippen LogP contribution in [0.3, 0.4) is 0 Å². The van der Waals surface area contributed by atoms with E-state index in [-0.39, 0.29) is 18.1 Å². The molecule has 0 amide bonds. The molecule has 0 aromatic carbocycles. The van der Waals surface area contributed by atoms with Crippen molar-refractivity contribution in [3.05, 3.63) is 23.6 Å². The average Bonchev–Trinajstić information content (AvgIpc) is 2.67. The van der Waals surface area contributed by atoms with Crippen molar-refractivity contribution in [1.82, 2.24) is 4.98 Å². The first-order valence-electron chi connectivity index (χ1n) is 6.01. The first kappa shape index (κ1) is 12.4. The second-order valence-electron chi connectivity index (χ2n) is 4.01. The number of hydrogen-bond acceptors (Lipinski definition) is 5. The van der Waals surface area contributed by atoms with Gasteiger partial charge in [-0.3, -0.25) is 4.98 Å². The lowest BCUT2D eigenvalue weighted by Gasteiger charge is -1.97. The molecule has 0 saturated carbocycles. The number of nitrogens with two attached hydrogens (primary N) is 1. The molecule has 2 rings (SSSR count). The second-order valence-corrected chi connectivity index (χ2v) is 4.01. The molecular weight excluding hydrogens is 232 g/mol. The minimum Gasteiger partial charge on any atom is -0.460 e. The van der Waals surface area contributed by atoms with Gasteiger partial charge in [-0.1, -0.05) is 13.3 Å². The molecule has 0 fully saturated rings. The number of fused-ring (bicyclic) bond motifs is 1. The van der Waals surface area contributed by atoms with E-state index in [0.717, 1.165) is 18.4 Å². The van der Waals surface area contributed by atoms with Crippen molar-refractivity contribution in [2.24, 2.45) is 0 Å². The van der Waals surface area contributed by atoms with Crippen LogP contribution in [-0.4, -0.2) is 17.6 Å². The van der Waals surface area contributed by atoms with Crippen LogP contribution in [0.15, 0.2) is 16.7 Å². The zero-order valence-corrected chi connectivity index (χ0v) is 10.5. The molecule has 2 N–H and O–H groups in total. The molecule has 0 radical (unpaired) electrons. The Morgan fingerprint density at radius 3 is 2.94 bits per heavy atom. The van der Waals surface area contributed by atoms with Gasteiger partial charge in [0, 0.05) is 6.20 Å². The second kappa shape index (κ2) is 5.08. The number of hydrogen-bond donors (Lipinski definition) is 1. The lowest BCUT2D eigenvalue weighted by molar-refractivity contribution is 0.0494. The van der Waals surface area contributed by atoms with Gasteiger partial charge in [0.25, 0.3) is 0 Å². The van der Waals surface area contributed by atoms with Crippen molar-refractivity contribution in [1.29, 1.82) is 0 Å². The minimum absolute atomic E-state index is 0.0352. The van der Waals surface area contributed by atoms with Gasteiger partial charge in [-0.2, -0.15) is 0 Å². The molecule has 2 aromatic rings. The van der Waals surface area contributed by atoms with Gasteiger partial charge in [0.15, 0.2) is 5.58 Å². The Morgan fingerprint density at radius 1 is 1.50 bits per heavy atom. The fourth-order valence-electron chi connectivity index (χ4n) is 1.81. The van der Waals surface area contributed by atoms with Gasteiger partial charge < -0.3 is 14.9 Å². The van der Waals surface area contributed by atoms with E-state index >= 15 is 0 Å². The van der Waals surface area contributed by atoms with Gasteiger partial charge in [-0.15, -0.1) is 0 Å². The van der Waals surface area contributed by atoms with Crippen LogP contribution >= 0.6 is 0 Å². The van der Waals surface area contributed by atoms with E-state index in [2.05, 4.69) is 11.9 Å². The highest BCUT2D eigenvalue weighted by atomic mass is 16.5. The number of esters is 1. The van der Waals surface area contributed by atoms with E-state index in [1.54, 1.807) is 13.1 Å². The van der Waals surface area contributed by atoms with E-state index in [9.17, 15) is 4.79 Å². The van der Waals surface area contributed by atoms with Crippen molar-refractivity contribution >= 4 is 22.8 Å². The number of rotatable bonds is 4. The van der Waals surface area contributed by atoms with Crippen LogP contribution in [0.2, 0.25) is 0 Å². The summed E-state index contributed by atoms with van der Waals surface area (Å²) in [5.74, 6) is -0.516. The first-order valence-corrected chi connectivity index (χ1v) is 6.01. The van der Waals surface area contributed by atoms with Crippen LogP contribution in [0, 0.1) is 0 Å². The van der Waals surface area contributed by atoms with Gasteiger partial charge in [-0.25, -0.2) is 4.79 Å². The van der Waals surface area contributed by atoms with E-state index in [0.29, 0.717) is 11.1 Å².